The van der Waals surface area contributed by atoms with Gasteiger partial charge in [-0.1, -0.05) is 35.9 Å². The minimum absolute atomic E-state index is 0.243. The van der Waals surface area contributed by atoms with Crippen LogP contribution in [0.5, 0.6) is 5.75 Å². The zero-order chi connectivity index (χ0) is 21.7. The van der Waals surface area contributed by atoms with Crippen LogP contribution in [0.3, 0.4) is 0 Å². The van der Waals surface area contributed by atoms with Crippen LogP contribution in [0.2, 0.25) is 5.02 Å². The highest BCUT2D eigenvalue weighted by atomic mass is 35.5. The third kappa shape index (κ3) is 5.87. The summed E-state index contributed by atoms with van der Waals surface area (Å²) in [6.07, 6.45) is 1.29. The van der Waals surface area contributed by atoms with Crippen molar-refractivity contribution in [2.24, 2.45) is 0 Å². The van der Waals surface area contributed by atoms with E-state index in [1.807, 2.05) is 12.1 Å². The Morgan fingerprint density at radius 3 is 2.60 bits per heavy atom. The Morgan fingerprint density at radius 2 is 1.90 bits per heavy atom. The Morgan fingerprint density at radius 1 is 1.17 bits per heavy atom. The number of carbonyl (C=O) groups is 3. The normalized spacial score (nSPS) is 15.2. The lowest BCUT2D eigenvalue weighted by Crippen LogP contribution is -2.35. The van der Waals surface area contributed by atoms with Gasteiger partial charge in [-0.3, -0.25) is 19.3 Å². The summed E-state index contributed by atoms with van der Waals surface area (Å²) in [6, 6.07) is 14.5. The average molecular weight is 446 g/mol. The van der Waals surface area contributed by atoms with Crippen LogP contribution in [-0.4, -0.2) is 34.7 Å². The van der Waals surface area contributed by atoms with E-state index >= 15 is 0 Å². The van der Waals surface area contributed by atoms with Gasteiger partial charge in [0.05, 0.1) is 11.0 Å². The molecule has 0 bridgehead atoms. The van der Waals surface area contributed by atoms with E-state index < -0.39 is 23.7 Å². The fourth-order valence-electron chi connectivity index (χ4n) is 2.66. The summed E-state index contributed by atoms with van der Waals surface area (Å²) >= 11 is 6.68. The maximum Gasteiger partial charge on any atom is 0.326 e. The van der Waals surface area contributed by atoms with Gasteiger partial charge in [0.2, 0.25) is 0 Å². The second kappa shape index (κ2) is 9.82. The van der Waals surface area contributed by atoms with E-state index in [9.17, 15) is 14.4 Å². The number of rotatable bonds is 7. The molecule has 1 aliphatic heterocycles. The van der Waals surface area contributed by atoms with Crippen molar-refractivity contribution in [2.75, 3.05) is 6.54 Å². The predicted molar refractivity (Wildman–Crippen MR) is 116 cm³/mol. The highest BCUT2D eigenvalue weighted by Gasteiger charge is 2.36. The average Bonchev–Trinajstić information content (AvgIpc) is 2.94. The molecule has 156 valence electrons. The minimum atomic E-state index is -0.619. The zero-order valence-corrected chi connectivity index (χ0v) is 18.0. The summed E-state index contributed by atoms with van der Waals surface area (Å²) in [5.74, 6) is -0.511. The first kappa shape index (κ1) is 21.9. The maximum absolute atomic E-state index is 12.5. The molecule has 0 N–H and O–H groups in total. The fourth-order valence-corrected chi connectivity index (χ4v) is 3.62. The monoisotopic (exact) mass is 445 g/mol. The lowest BCUT2D eigenvalue weighted by atomic mass is 10.2. The standard InChI is InChI=1S/C22H20ClNO5S/c1-14(2)29-20(25)12-24-21(26)19(30-22(24)27)11-16-4-3-5-18(10-16)28-13-15-6-8-17(23)9-7-15/h3-11,14H,12-13H2,1-2H3/b19-11-. The molecule has 2 aromatic rings. The number of esters is 1. The van der Waals surface area contributed by atoms with Gasteiger partial charge in [-0.15, -0.1) is 0 Å². The van der Waals surface area contributed by atoms with Crippen LogP contribution in [-0.2, 0) is 20.9 Å². The molecule has 0 saturated carbocycles. The van der Waals surface area contributed by atoms with Gasteiger partial charge < -0.3 is 9.47 Å². The number of benzene rings is 2. The van der Waals surface area contributed by atoms with Gasteiger partial charge in [0.1, 0.15) is 18.9 Å². The molecule has 0 aliphatic carbocycles. The summed E-state index contributed by atoms with van der Waals surface area (Å²) in [5.41, 5.74) is 1.68. The lowest BCUT2D eigenvalue weighted by molar-refractivity contribution is -0.149. The van der Waals surface area contributed by atoms with Crippen LogP contribution < -0.4 is 4.74 Å². The second-order valence-electron chi connectivity index (χ2n) is 6.79. The van der Waals surface area contributed by atoms with Crippen molar-refractivity contribution in [3.8, 4) is 5.75 Å². The summed E-state index contributed by atoms with van der Waals surface area (Å²) in [5, 5.41) is 0.161. The van der Waals surface area contributed by atoms with Crippen LogP contribution in [0.15, 0.2) is 53.4 Å². The smallest absolute Gasteiger partial charge is 0.326 e. The molecule has 0 atom stereocenters. The number of nitrogens with zero attached hydrogens (tertiary/aromatic N) is 1. The van der Waals surface area contributed by atoms with Crippen molar-refractivity contribution in [3.05, 3.63) is 69.6 Å². The number of hydrogen-bond donors (Lipinski definition) is 0. The molecule has 1 aliphatic rings. The van der Waals surface area contributed by atoms with Crippen LogP contribution in [0, 0.1) is 0 Å². The van der Waals surface area contributed by atoms with Gasteiger partial charge in [0.25, 0.3) is 11.1 Å². The quantitative estimate of drug-likeness (QED) is 0.445. The number of ether oxygens (including phenoxy) is 2. The van der Waals surface area contributed by atoms with Crippen molar-refractivity contribution < 1.29 is 23.9 Å². The summed E-state index contributed by atoms with van der Waals surface area (Å²) < 4.78 is 10.8. The Bertz CT molecular complexity index is 987. The van der Waals surface area contributed by atoms with Crippen molar-refractivity contribution in [2.45, 2.75) is 26.6 Å². The number of carbonyl (C=O) groups excluding carboxylic acids is 3. The molecule has 0 unspecified atom stereocenters. The lowest BCUT2D eigenvalue weighted by Gasteiger charge is -2.13. The van der Waals surface area contributed by atoms with Gasteiger partial charge in [-0.05, 0) is 67.1 Å². The van der Waals surface area contributed by atoms with E-state index in [4.69, 9.17) is 21.1 Å². The summed E-state index contributed by atoms with van der Waals surface area (Å²) in [6.45, 7) is 3.38. The molecule has 0 radical (unpaired) electrons. The maximum atomic E-state index is 12.5. The largest absolute Gasteiger partial charge is 0.489 e. The third-order valence-electron chi connectivity index (χ3n) is 4.00. The van der Waals surface area contributed by atoms with Crippen molar-refractivity contribution in [1.82, 2.24) is 4.90 Å². The van der Waals surface area contributed by atoms with Crippen molar-refractivity contribution in [1.29, 1.82) is 0 Å². The molecular formula is C22H20ClNO5S. The van der Waals surface area contributed by atoms with E-state index in [0.717, 1.165) is 22.2 Å². The van der Waals surface area contributed by atoms with E-state index in [2.05, 4.69) is 0 Å². The van der Waals surface area contributed by atoms with Crippen LogP contribution in [0.1, 0.15) is 25.0 Å². The molecule has 2 aromatic carbocycles. The second-order valence-corrected chi connectivity index (χ2v) is 8.22. The fraction of sp³-hybridized carbons (Fsp3) is 0.227. The highest BCUT2D eigenvalue weighted by molar-refractivity contribution is 8.18. The number of hydrogen-bond acceptors (Lipinski definition) is 6. The number of imide groups is 1. The molecule has 2 amide bonds. The molecule has 30 heavy (non-hydrogen) atoms. The van der Waals surface area contributed by atoms with Gasteiger partial charge in [0, 0.05) is 5.02 Å². The van der Waals surface area contributed by atoms with Gasteiger partial charge in [0.15, 0.2) is 0 Å². The van der Waals surface area contributed by atoms with E-state index in [1.54, 1.807) is 56.3 Å². The molecule has 8 heteroatoms. The summed E-state index contributed by atoms with van der Waals surface area (Å²) in [4.78, 5) is 37.6. The molecule has 3 rings (SSSR count). The molecule has 1 heterocycles. The first-order valence-corrected chi connectivity index (χ1v) is 10.4. The topological polar surface area (TPSA) is 72.9 Å². The Labute approximate surface area is 183 Å². The minimum Gasteiger partial charge on any atom is -0.489 e. The number of thioether (sulfide) groups is 1. The van der Waals surface area contributed by atoms with Crippen LogP contribution in [0.4, 0.5) is 4.79 Å². The van der Waals surface area contributed by atoms with Crippen molar-refractivity contribution in [3.63, 3.8) is 0 Å². The number of halogens is 1. The third-order valence-corrected chi connectivity index (χ3v) is 5.16. The van der Waals surface area contributed by atoms with E-state index in [0.29, 0.717) is 22.9 Å². The predicted octanol–water partition coefficient (Wildman–Crippen LogP) is 4.91. The highest BCUT2D eigenvalue weighted by Crippen LogP contribution is 2.32. The summed E-state index contributed by atoms with van der Waals surface area (Å²) in [7, 11) is 0. The first-order valence-electron chi connectivity index (χ1n) is 9.24. The molecule has 1 fully saturated rings. The number of amides is 2. The Kier molecular flexibility index (Phi) is 7.18. The molecule has 0 spiro atoms. The van der Waals surface area contributed by atoms with Crippen molar-refractivity contribution >= 4 is 46.6 Å². The Hall–Kier alpha value is -2.77. The zero-order valence-electron chi connectivity index (χ0n) is 16.5. The molecule has 0 aromatic heterocycles. The molecule has 6 nitrogen and oxygen atoms in total. The van der Waals surface area contributed by atoms with Gasteiger partial charge in [-0.25, -0.2) is 0 Å². The molecular weight excluding hydrogens is 426 g/mol. The van der Waals surface area contributed by atoms with E-state index in [-0.39, 0.29) is 11.0 Å². The van der Waals surface area contributed by atoms with Crippen LogP contribution >= 0.6 is 23.4 Å². The van der Waals surface area contributed by atoms with Gasteiger partial charge in [-0.2, -0.15) is 0 Å². The van der Waals surface area contributed by atoms with Gasteiger partial charge >= 0.3 is 5.97 Å². The first-order chi connectivity index (χ1) is 14.3. The van der Waals surface area contributed by atoms with Crippen LogP contribution in [0.25, 0.3) is 6.08 Å². The van der Waals surface area contributed by atoms with E-state index in [1.165, 1.54) is 0 Å². The Balaban J connectivity index is 1.67. The molecule has 1 saturated heterocycles. The SMILES string of the molecule is CC(C)OC(=O)CN1C(=O)S/C(=C\c2cccc(OCc3ccc(Cl)cc3)c2)C1=O.